The van der Waals surface area contributed by atoms with Gasteiger partial charge in [-0.1, -0.05) is 30.5 Å². The summed E-state index contributed by atoms with van der Waals surface area (Å²) >= 11 is 6.20. The first-order valence-electron chi connectivity index (χ1n) is 6.84. The Morgan fingerprint density at radius 3 is 2.40 bits per heavy atom. The summed E-state index contributed by atoms with van der Waals surface area (Å²) in [5.41, 5.74) is 6.96. The number of rotatable bonds is 3. The minimum Gasteiger partial charge on any atom is -0.379 e. The lowest BCUT2D eigenvalue weighted by molar-refractivity contribution is 0.0416. The van der Waals surface area contributed by atoms with Crippen LogP contribution < -0.4 is 5.73 Å². The van der Waals surface area contributed by atoms with E-state index < -0.39 is 15.1 Å². The van der Waals surface area contributed by atoms with Gasteiger partial charge in [0.05, 0.1) is 23.1 Å². The normalized spacial score (nSPS) is 22.7. The van der Waals surface area contributed by atoms with Gasteiger partial charge in [-0.2, -0.15) is 0 Å². The predicted molar refractivity (Wildman–Crippen MR) is 77.6 cm³/mol. The molecule has 1 aliphatic carbocycles. The highest BCUT2D eigenvalue weighted by Crippen LogP contribution is 2.38. The summed E-state index contributed by atoms with van der Waals surface area (Å²) in [5.74, 6) is 0. The summed E-state index contributed by atoms with van der Waals surface area (Å²) in [4.78, 5) is 0.192. The van der Waals surface area contributed by atoms with E-state index in [2.05, 4.69) is 0 Å². The first-order valence-corrected chi connectivity index (χ1v) is 8.76. The Balaban J connectivity index is 1.95. The average Bonchev–Trinajstić information content (AvgIpc) is 2.74. The van der Waals surface area contributed by atoms with Crippen LogP contribution in [0.15, 0.2) is 23.1 Å². The third kappa shape index (κ3) is 2.26. The van der Waals surface area contributed by atoms with Crippen molar-refractivity contribution in [3.63, 3.8) is 0 Å². The molecule has 2 N–H and O–H groups in total. The zero-order valence-corrected chi connectivity index (χ0v) is 12.7. The van der Waals surface area contributed by atoms with Crippen LogP contribution in [0.5, 0.6) is 0 Å². The lowest BCUT2D eigenvalue weighted by Gasteiger charge is -2.27. The van der Waals surface area contributed by atoms with E-state index in [1.165, 1.54) is 0 Å². The van der Waals surface area contributed by atoms with Gasteiger partial charge in [0.2, 0.25) is 0 Å². The maximum Gasteiger partial charge on any atom is 0.187 e. The van der Waals surface area contributed by atoms with Gasteiger partial charge >= 0.3 is 0 Å². The van der Waals surface area contributed by atoms with Gasteiger partial charge in [0.15, 0.2) is 9.84 Å². The van der Waals surface area contributed by atoms with Crippen molar-refractivity contribution in [3.05, 3.63) is 28.8 Å². The van der Waals surface area contributed by atoms with Crippen molar-refractivity contribution >= 4 is 21.4 Å². The molecule has 2 aliphatic rings. The van der Waals surface area contributed by atoms with Crippen LogP contribution in [-0.4, -0.2) is 26.9 Å². The molecule has 1 saturated heterocycles. The van der Waals surface area contributed by atoms with Crippen molar-refractivity contribution in [1.82, 2.24) is 0 Å². The van der Waals surface area contributed by atoms with Crippen molar-refractivity contribution in [2.24, 2.45) is 5.73 Å². The Labute approximate surface area is 124 Å². The summed E-state index contributed by atoms with van der Waals surface area (Å²) in [7, 11) is -3.39. The van der Waals surface area contributed by atoms with Crippen LogP contribution in [-0.2, 0) is 20.1 Å². The molecule has 4 nitrogen and oxygen atoms in total. The molecule has 2 fully saturated rings. The zero-order chi connectivity index (χ0) is 14.4. The van der Waals surface area contributed by atoms with E-state index >= 15 is 0 Å². The lowest BCUT2D eigenvalue weighted by atomic mass is 9.89. The Hall–Kier alpha value is -0.620. The summed E-state index contributed by atoms with van der Waals surface area (Å²) in [6.45, 7) is 0.502. The molecule has 0 aromatic heterocycles. The molecule has 1 aromatic rings. The highest BCUT2D eigenvalue weighted by Gasteiger charge is 2.36. The Bertz CT molecular complexity index is 619. The van der Waals surface area contributed by atoms with E-state index in [0.29, 0.717) is 0 Å². The monoisotopic (exact) mass is 315 g/mol. The molecule has 0 spiro atoms. The second kappa shape index (κ2) is 4.98. The minimum atomic E-state index is -3.39. The molecule has 110 valence electrons. The van der Waals surface area contributed by atoms with Gasteiger partial charge in [-0.25, -0.2) is 8.42 Å². The molecule has 1 saturated carbocycles. The van der Waals surface area contributed by atoms with Gasteiger partial charge in [0.25, 0.3) is 0 Å². The molecule has 0 unspecified atom stereocenters. The fraction of sp³-hybridized carbons (Fsp3) is 0.571. The van der Waals surface area contributed by atoms with Crippen LogP contribution in [0.1, 0.15) is 31.2 Å². The maximum absolute atomic E-state index is 12.4. The molecule has 20 heavy (non-hydrogen) atoms. The third-order valence-electron chi connectivity index (χ3n) is 4.36. The molecule has 1 aromatic carbocycles. The highest BCUT2D eigenvalue weighted by molar-refractivity contribution is 7.92. The predicted octanol–water partition coefficient (Wildman–Crippen LogP) is 2.24. The molecule has 1 aliphatic heterocycles. The van der Waals surface area contributed by atoms with Crippen LogP contribution in [0.2, 0.25) is 5.02 Å². The molecule has 0 atom stereocenters. The maximum atomic E-state index is 12.4. The van der Waals surface area contributed by atoms with Crippen molar-refractivity contribution in [2.75, 3.05) is 13.2 Å². The topological polar surface area (TPSA) is 69.4 Å². The fourth-order valence-electron chi connectivity index (χ4n) is 2.91. The van der Waals surface area contributed by atoms with Crippen LogP contribution in [0.4, 0.5) is 0 Å². The van der Waals surface area contributed by atoms with Gasteiger partial charge < -0.3 is 10.5 Å². The largest absolute Gasteiger partial charge is 0.379 e. The smallest absolute Gasteiger partial charge is 0.187 e. The standard InChI is InChI=1S/C14H18ClNO3S/c15-12-7-10(14(16)5-1-2-6-14)3-4-13(12)20(17,18)11-8-19-9-11/h3-4,7,11H,1-2,5-6,8-9,16H2. The number of hydrogen-bond donors (Lipinski definition) is 1. The van der Waals surface area contributed by atoms with Crippen molar-refractivity contribution < 1.29 is 13.2 Å². The summed E-state index contributed by atoms with van der Waals surface area (Å²) in [5, 5.41) is -0.199. The number of nitrogens with two attached hydrogens (primary N) is 1. The van der Waals surface area contributed by atoms with Crippen LogP contribution in [0.3, 0.4) is 0 Å². The van der Waals surface area contributed by atoms with Gasteiger partial charge in [-0.15, -0.1) is 0 Å². The van der Waals surface area contributed by atoms with Crippen LogP contribution >= 0.6 is 11.6 Å². The number of sulfone groups is 1. The number of benzene rings is 1. The molecule has 0 radical (unpaired) electrons. The second-order valence-electron chi connectivity index (χ2n) is 5.71. The van der Waals surface area contributed by atoms with E-state index in [1.807, 2.05) is 6.07 Å². The van der Waals surface area contributed by atoms with E-state index in [4.69, 9.17) is 22.1 Å². The fourth-order valence-corrected chi connectivity index (χ4v) is 4.91. The van der Waals surface area contributed by atoms with Gasteiger partial charge in [0, 0.05) is 5.54 Å². The Kier molecular flexibility index (Phi) is 3.57. The quantitative estimate of drug-likeness (QED) is 0.928. The van der Waals surface area contributed by atoms with Gasteiger partial charge in [-0.05, 0) is 30.5 Å². The summed E-state index contributed by atoms with van der Waals surface area (Å²) in [6.07, 6.45) is 4.05. The zero-order valence-electron chi connectivity index (χ0n) is 11.1. The SMILES string of the molecule is NC1(c2ccc(S(=O)(=O)C3COC3)c(Cl)c2)CCCC1. The number of hydrogen-bond acceptors (Lipinski definition) is 4. The second-order valence-corrected chi connectivity index (χ2v) is 8.32. The van der Waals surface area contributed by atoms with E-state index in [0.717, 1.165) is 31.2 Å². The minimum absolute atomic E-state index is 0.192. The highest BCUT2D eigenvalue weighted by atomic mass is 35.5. The Morgan fingerprint density at radius 1 is 1.25 bits per heavy atom. The third-order valence-corrected chi connectivity index (χ3v) is 6.90. The van der Waals surface area contributed by atoms with Crippen molar-refractivity contribution in [1.29, 1.82) is 0 Å². The Morgan fingerprint density at radius 2 is 1.90 bits per heavy atom. The molecule has 0 amide bonds. The van der Waals surface area contributed by atoms with Crippen LogP contribution in [0, 0.1) is 0 Å². The first kappa shape index (κ1) is 14.3. The molecule has 1 heterocycles. The molecule has 6 heteroatoms. The van der Waals surface area contributed by atoms with Crippen LogP contribution in [0.25, 0.3) is 0 Å². The van der Waals surface area contributed by atoms with E-state index in [-0.39, 0.29) is 28.7 Å². The van der Waals surface area contributed by atoms with Gasteiger partial charge in [-0.3, -0.25) is 0 Å². The number of ether oxygens (including phenoxy) is 1. The van der Waals surface area contributed by atoms with E-state index in [9.17, 15) is 8.42 Å². The number of halogens is 1. The van der Waals surface area contributed by atoms with Crippen molar-refractivity contribution in [2.45, 2.75) is 41.4 Å². The average molecular weight is 316 g/mol. The van der Waals surface area contributed by atoms with Crippen molar-refractivity contribution in [3.8, 4) is 0 Å². The molecular formula is C14H18ClNO3S. The molecule has 3 rings (SSSR count). The van der Waals surface area contributed by atoms with E-state index in [1.54, 1.807) is 12.1 Å². The van der Waals surface area contributed by atoms with Gasteiger partial charge in [0.1, 0.15) is 5.25 Å². The molecular weight excluding hydrogens is 298 g/mol. The lowest BCUT2D eigenvalue weighted by Crippen LogP contribution is -2.40. The summed E-state index contributed by atoms with van der Waals surface area (Å²) in [6, 6.07) is 5.13. The first-order chi connectivity index (χ1) is 9.43. The molecule has 0 bridgehead atoms. The summed E-state index contributed by atoms with van der Waals surface area (Å²) < 4.78 is 29.7.